The third-order valence-electron chi connectivity index (χ3n) is 5.05. The number of rotatable bonds is 5. The Kier molecular flexibility index (Phi) is 8.32. The zero-order valence-corrected chi connectivity index (χ0v) is 19.5. The molecule has 6 nitrogen and oxygen atoms in total. The number of likely N-dealkylation sites (N-methyl/N-ethyl adjacent to an activating group) is 2. The number of hydrogen-bond acceptors (Lipinski definition) is 3. The van der Waals surface area contributed by atoms with E-state index in [0.29, 0.717) is 12.0 Å². The van der Waals surface area contributed by atoms with Crippen LogP contribution >= 0.6 is 35.6 Å². The van der Waals surface area contributed by atoms with Crippen molar-refractivity contribution in [2.75, 3.05) is 34.2 Å². The Labute approximate surface area is 187 Å². The van der Waals surface area contributed by atoms with Crippen LogP contribution in [0.1, 0.15) is 30.9 Å². The van der Waals surface area contributed by atoms with Crippen LogP contribution < -0.4 is 10.6 Å². The van der Waals surface area contributed by atoms with Crippen LogP contribution in [0.25, 0.3) is 0 Å². The largest absolute Gasteiger partial charge is 0.354 e. The summed E-state index contributed by atoms with van der Waals surface area (Å²) in [5.41, 5.74) is 0.879. The van der Waals surface area contributed by atoms with Gasteiger partial charge in [-0.3, -0.25) is 9.69 Å². The summed E-state index contributed by atoms with van der Waals surface area (Å²) in [5, 5.41) is 6.97. The fraction of sp³-hybridized carbons (Fsp3) is 0.579. The number of carbonyl (C=O) groups excluding carboxylic acids is 1. The normalized spacial score (nSPS) is 22.5. The lowest BCUT2D eigenvalue weighted by Crippen LogP contribution is -2.46. The Balaban J connectivity index is 0.00000280. The van der Waals surface area contributed by atoms with Crippen molar-refractivity contribution in [1.82, 2.24) is 20.4 Å². The molecule has 2 aliphatic rings. The lowest BCUT2D eigenvalue weighted by Gasteiger charge is -2.27. The number of carbonyl (C=O) groups is 1. The predicted octanol–water partition coefficient (Wildman–Crippen LogP) is 2.63. The summed E-state index contributed by atoms with van der Waals surface area (Å²) in [5.74, 6) is 0.189. The fourth-order valence-electron chi connectivity index (χ4n) is 3.30. The van der Waals surface area contributed by atoms with Crippen LogP contribution in [0.2, 0.25) is 5.02 Å². The van der Waals surface area contributed by atoms with Crippen LogP contribution in [0, 0.1) is 5.82 Å². The summed E-state index contributed by atoms with van der Waals surface area (Å²) < 4.78 is 14.0. The number of likely N-dealkylation sites (tertiary alicyclic amines) is 1. The standard InChI is InChI=1S/C19H27ClFN5O.HI/c1-25(2)17(27)11-22-19(23-13-5-6-13)24-16-8-9-26(3)18(16)12-4-7-14(20)15(21)10-12;/h4,7,10,13,16,18H,5-6,8-9,11H2,1-3H3,(H2,22,23,24);1H. The quantitative estimate of drug-likeness (QED) is 0.354. The van der Waals surface area contributed by atoms with E-state index in [2.05, 4.69) is 20.5 Å². The number of benzene rings is 1. The Hall–Kier alpha value is -1.13. The molecule has 2 unspecified atom stereocenters. The van der Waals surface area contributed by atoms with E-state index in [1.165, 1.54) is 11.0 Å². The summed E-state index contributed by atoms with van der Waals surface area (Å²) in [7, 11) is 5.46. The average molecular weight is 524 g/mol. The molecule has 1 aromatic carbocycles. The van der Waals surface area contributed by atoms with Crippen molar-refractivity contribution in [1.29, 1.82) is 0 Å². The van der Waals surface area contributed by atoms with E-state index >= 15 is 0 Å². The molecular formula is C19H28ClFIN5O. The highest BCUT2D eigenvalue weighted by Crippen LogP contribution is 2.32. The zero-order valence-electron chi connectivity index (χ0n) is 16.4. The smallest absolute Gasteiger partial charge is 0.243 e. The molecule has 0 bridgehead atoms. The van der Waals surface area contributed by atoms with Crippen molar-refractivity contribution in [3.63, 3.8) is 0 Å². The molecule has 1 saturated heterocycles. The first-order valence-electron chi connectivity index (χ1n) is 9.28. The molecular weight excluding hydrogens is 496 g/mol. The molecule has 1 aliphatic carbocycles. The molecule has 1 saturated carbocycles. The van der Waals surface area contributed by atoms with E-state index in [4.69, 9.17) is 11.6 Å². The number of halogens is 3. The van der Waals surface area contributed by atoms with Gasteiger partial charge in [-0.15, -0.1) is 24.0 Å². The van der Waals surface area contributed by atoms with Crippen molar-refractivity contribution < 1.29 is 9.18 Å². The van der Waals surface area contributed by atoms with Crippen molar-refractivity contribution in [3.8, 4) is 0 Å². The summed E-state index contributed by atoms with van der Waals surface area (Å²) in [6.07, 6.45) is 3.12. The highest BCUT2D eigenvalue weighted by molar-refractivity contribution is 14.0. The van der Waals surface area contributed by atoms with Gasteiger partial charge in [-0.25, -0.2) is 9.38 Å². The highest BCUT2D eigenvalue weighted by Gasteiger charge is 2.35. The third-order valence-corrected chi connectivity index (χ3v) is 5.35. The summed E-state index contributed by atoms with van der Waals surface area (Å²) in [6, 6.07) is 5.46. The lowest BCUT2D eigenvalue weighted by molar-refractivity contribution is -0.127. The van der Waals surface area contributed by atoms with Crippen LogP contribution in [0.4, 0.5) is 4.39 Å². The van der Waals surface area contributed by atoms with Crippen molar-refractivity contribution in [3.05, 3.63) is 34.6 Å². The third kappa shape index (κ3) is 5.93. The van der Waals surface area contributed by atoms with Crippen molar-refractivity contribution in [2.24, 2.45) is 4.99 Å². The maximum atomic E-state index is 14.0. The number of aliphatic imine (C=N–C) groups is 1. The lowest BCUT2D eigenvalue weighted by atomic mass is 10.00. The van der Waals surface area contributed by atoms with Gasteiger partial charge in [0.05, 0.1) is 11.1 Å². The van der Waals surface area contributed by atoms with E-state index in [9.17, 15) is 9.18 Å². The topological polar surface area (TPSA) is 60.0 Å². The van der Waals surface area contributed by atoms with Crippen molar-refractivity contribution in [2.45, 2.75) is 37.4 Å². The molecule has 9 heteroatoms. The van der Waals surface area contributed by atoms with E-state index in [1.54, 1.807) is 20.2 Å². The molecule has 0 radical (unpaired) electrons. The number of amides is 1. The maximum absolute atomic E-state index is 14.0. The average Bonchev–Trinajstić information content (AvgIpc) is 3.37. The Morgan fingerprint density at radius 1 is 1.32 bits per heavy atom. The molecule has 2 atom stereocenters. The first-order valence-corrected chi connectivity index (χ1v) is 9.66. The second-order valence-corrected chi connectivity index (χ2v) is 7.92. The van der Waals surface area contributed by atoms with E-state index in [1.807, 2.05) is 13.1 Å². The number of nitrogens with one attached hydrogen (secondary N) is 2. The van der Waals surface area contributed by atoms with Crippen molar-refractivity contribution >= 4 is 47.4 Å². The summed E-state index contributed by atoms with van der Waals surface area (Å²) in [6.45, 7) is 0.984. The Bertz CT molecular complexity index is 728. The van der Waals surface area contributed by atoms with Crippen LogP contribution in [0.15, 0.2) is 23.2 Å². The van der Waals surface area contributed by atoms with Gasteiger partial charge in [0.15, 0.2) is 5.96 Å². The minimum absolute atomic E-state index is 0. The monoisotopic (exact) mass is 523 g/mol. The van der Waals surface area contributed by atoms with Gasteiger partial charge in [0.25, 0.3) is 0 Å². The molecule has 2 fully saturated rings. The number of nitrogens with zero attached hydrogens (tertiary/aromatic N) is 3. The van der Waals surface area contributed by atoms with Gasteiger partial charge in [0, 0.05) is 32.7 Å². The van der Waals surface area contributed by atoms with Crippen LogP contribution in [0.5, 0.6) is 0 Å². The van der Waals surface area contributed by atoms with Gasteiger partial charge in [0.1, 0.15) is 12.4 Å². The van der Waals surface area contributed by atoms with Gasteiger partial charge in [-0.1, -0.05) is 17.7 Å². The number of guanidine groups is 1. The minimum atomic E-state index is -0.408. The van der Waals surface area contributed by atoms with Gasteiger partial charge in [0.2, 0.25) is 5.91 Å². The Morgan fingerprint density at radius 2 is 2.04 bits per heavy atom. The van der Waals surface area contributed by atoms with E-state index < -0.39 is 5.82 Å². The van der Waals surface area contributed by atoms with Gasteiger partial charge in [-0.2, -0.15) is 0 Å². The van der Waals surface area contributed by atoms with E-state index in [0.717, 1.165) is 31.4 Å². The second-order valence-electron chi connectivity index (χ2n) is 7.51. The van der Waals surface area contributed by atoms with Crippen LogP contribution in [0.3, 0.4) is 0 Å². The Morgan fingerprint density at radius 3 is 2.64 bits per heavy atom. The molecule has 1 aromatic rings. The molecule has 1 aliphatic heterocycles. The summed E-state index contributed by atoms with van der Waals surface area (Å²) >= 11 is 5.84. The summed E-state index contributed by atoms with van der Waals surface area (Å²) in [4.78, 5) is 20.1. The molecule has 3 rings (SSSR count). The van der Waals surface area contributed by atoms with E-state index in [-0.39, 0.29) is 53.5 Å². The van der Waals surface area contributed by atoms with Gasteiger partial charge < -0.3 is 15.5 Å². The maximum Gasteiger partial charge on any atom is 0.243 e. The molecule has 156 valence electrons. The molecule has 1 amide bonds. The second kappa shape index (κ2) is 10.1. The highest BCUT2D eigenvalue weighted by atomic mass is 127. The fourth-order valence-corrected chi connectivity index (χ4v) is 3.42. The zero-order chi connectivity index (χ0) is 19.6. The first kappa shape index (κ1) is 23.2. The first-order chi connectivity index (χ1) is 12.8. The minimum Gasteiger partial charge on any atom is -0.354 e. The SMILES string of the molecule is CN(C)C(=O)CN=C(NC1CC1)NC1CCN(C)C1c1ccc(Cl)c(F)c1.I. The molecule has 0 aromatic heterocycles. The number of hydrogen-bond donors (Lipinski definition) is 2. The molecule has 1 heterocycles. The molecule has 28 heavy (non-hydrogen) atoms. The van der Waals surface area contributed by atoms with Crippen LogP contribution in [-0.4, -0.2) is 68.0 Å². The molecule has 2 N–H and O–H groups in total. The predicted molar refractivity (Wildman–Crippen MR) is 121 cm³/mol. The van der Waals surface area contributed by atoms with Gasteiger partial charge >= 0.3 is 0 Å². The van der Waals surface area contributed by atoms with Gasteiger partial charge in [-0.05, 0) is 44.0 Å². The molecule has 0 spiro atoms. The van der Waals surface area contributed by atoms with Crippen LogP contribution in [-0.2, 0) is 4.79 Å².